The molecule has 1 saturated carbocycles. The first-order valence-corrected chi connectivity index (χ1v) is 6.21. The number of hydrogen-bond acceptors (Lipinski definition) is 3. The fourth-order valence-corrected chi connectivity index (χ4v) is 2.58. The second kappa shape index (κ2) is 3.85. The second-order valence-electron chi connectivity index (χ2n) is 5.88. The van der Waals surface area contributed by atoms with Gasteiger partial charge in [0.2, 0.25) is 0 Å². The lowest BCUT2D eigenvalue weighted by Gasteiger charge is -2.09. The van der Waals surface area contributed by atoms with Crippen LogP contribution in [0.15, 0.2) is 12.3 Å². The Morgan fingerprint density at radius 1 is 1.39 bits per heavy atom. The quantitative estimate of drug-likeness (QED) is 0.883. The number of halogens is 1. The summed E-state index contributed by atoms with van der Waals surface area (Å²) in [6.45, 7) is 8.74. The Morgan fingerprint density at radius 3 is 2.33 bits per heavy atom. The number of hydrogen-bond donors (Lipinski definition) is 2. The number of pyridine rings is 1. The van der Waals surface area contributed by atoms with E-state index in [2.05, 4.69) is 38.0 Å². The lowest BCUT2D eigenvalue weighted by Crippen LogP contribution is -2.12. The highest BCUT2D eigenvalue weighted by Crippen LogP contribution is 2.63. The maximum absolute atomic E-state index is 10.8. The van der Waals surface area contributed by atoms with E-state index in [4.69, 9.17) is 16.7 Å². The minimum Gasteiger partial charge on any atom is -0.478 e. The number of nitrogens with one attached hydrogen (secondary N) is 1. The molecule has 2 rings (SSSR count). The first kappa shape index (κ1) is 13.1. The molecule has 1 heterocycles. The summed E-state index contributed by atoms with van der Waals surface area (Å²) in [7, 11) is 0. The molecule has 0 unspecified atom stereocenters. The molecule has 1 aliphatic carbocycles. The minimum absolute atomic E-state index is 0.0971. The highest BCUT2D eigenvalue weighted by atomic mass is 35.5. The SMILES string of the molecule is CC1(C)C(Nc2ncc(C(=O)O)cc2Cl)C1(C)C. The molecule has 1 aromatic heterocycles. The molecular formula is C13H17ClN2O2. The van der Waals surface area contributed by atoms with Crippen molar-refractivity contribution in [2.45, 2.75) is 33.7 Å². The maximum Gasteiger partial charge on any atom is 0.337 e. The fraction of sp³-hybridized carbons (Fsp3) is 0.538. The predicted octanol–water partition coefficient (Wildman–Crippen LogP) is 3.28. The largest absolute Gasteiger partial charge is 0.478 e. The van der Waals surface area contributed by atoms with E-state index in [1.54, 1.807) is 0 Å². The van der Waals surface area contributed by atoms with Crippen molar-refractivity contribution in [1.82, 2.24) is 4.98 Å². The molecule has 5 heteroatoms. The summed E-state index contributed by atoms with van der Waals surface area (Å²) in [6.07, 6.45) is 1.32. The molecule has 0 atom stereocenters. The Balaban J connectivity index is 2.20. The average Bonchev–Trinajstić information content (AvgIpc) is 2.63. The molecule has 4 nitrogen and oxygen atoms in total. The van der Waals surface area contributed by atoms with E-state index in [0.29, 0.717) is 10.8 Å². The van der Waals surface area contributed by atoms with Crippen LogP contribution in [0, 0.1) is 10.8 Å². The topological polar surface area (TPSA) is 62.2 Å². The number of carboxylic acids is 1. The van der Waals surface area contributed by atoms with Gasteiger partial charge in [0.1, 0.15) is 5.82 Å². The second-order valence-corrected chi connectivity index (χ2v) is 6.29. The number of anilines is 1. The number of carbonyl (C=O) groups is 1. The van der Waals surface area contributed by atoms with Gasteiger partial charge in [-0.15, -0.1) is 0 Å². The zero-order valence-corrected chi connectivity index (χ0v) is 11.7. The van der Waals surface area contributed by atoms with E-state index in [-0.39, 0.29) is 22.4 Å². The average molecular weight is 269 g/mol. The number of nitrogens with zero attached hydrogens (tertiary/aromatic N) is 1. The fourth-order valence-electron chi connectivity index (χ4n) is 2.36. The van der Waals surface area contributed by atoms with Crippen LogP contribution in [-0.2, 0) is 0 Å². The predicted molar refractivity (Wildman–Crippen MR) is 71.2 cm³/mol. The summed E-state index contributed by atoms with van der Waals surface area (Å²) in [5.74, 6) is -0.478. The van der Waals surface area contributed by atoms with Crippen molar-refractivity contribution >= 4 is 23.4 Å². The normalized spacial score (nSPS) is 20.5. The van der Waals surface area contributed by atoms with Crippen LogP contribution < -0.4 is 5.32 Å². The van der Waals surface area contributed by atoms with Crippen LogP contribution in [0.25, 0.3) is 0 Å². The smallest absolute Gasteiger partial charge is 0.337 e. The molecule has 0 bridgehead atoms. The monoisotopic (exact) mass is 268 g/mol. The van der Waals surface area contributed by atoms with Crippen molar-refractivity contribution < 1.29 is 9.90 Å². The third-order valence-corrected chi connectivity index (χ3v) is 4.68. The van der Waals surface area contributed by atoms with Crippen molar-refractivity contribution in [3.05, 3.63) is 22.8 Å². The Kier molecular flexibility index (Phi) is 2.81. The van der Waals surface area contributed by atoms with Gasteiger partial charge in [-0.05, 0) is 16.9 Å². The number of carboxylic acid groups (broad SMARTS) is 1. The lowest BCUT2D eigenvalue weighted by atomic mass is 10.0. The van der Waals surface area contributed by atoms with Crippen LogP contribution in [0.3, 0.4) is 0 Å². The summed E-state index contributed by atoms with van der Waals surface area (Å²) in [5, 5.41) is 12.5. The van der Waals surface area contributed by atoms with Gasteiger partial charge in [0, 0.05) is 12.2 Å². The third kappa shape index (κ3) is 1.85. The summed E-state index contributed by atoms with van der Waals surface area (Å²) < 4.78 is 0. The number of aromatic carboxylic acids is 1. The first-order chi connectivity index (χ1) is 8.18. The first-order valence-electron chi connectivity index (χ1n) is 5.83. The van der Waals surface area contributed by atoms with Crippen LogP contribution in [0.1, 0.15) is 38.1 Å². The van der Waals surface area contributed by atoms with Crippen LogP contribution in [0.5, 0.6) is 0 Å². The molecule has 98 valence electrons. The van der Waals surface area contributed by atoms with Crippen LogP contribution in [0.4, 0.5) is 5.82 Å². The van der Waals surface area contributed by atoms with Gasteiger partial charge < -0.3 is 10.4 Å². The highest BCUT2D eigenvalue weighted by Gasteiger charge is 2.65. The van der Waals surface area contributed by atoms with E-state index in [1.807, 2.05) is 0 Å². The van der Waals surface area contributed by atoms with Gasteiger partial charge in [-0.25, -0.2) is 9.78 Å². The van der Waals surface area contributed by atoms with Crippen LogP contribution in [-0.4, -0.2) is 22.1 Å². The van der Waals surface area contributed by atoms with E-state index >= 15 is 0 Å². The van der Waals surface area contributed by atoms with Gasteiger partial charge in [-0.1, -0.05) is 39.3 Å². The van der Waals surface area contributed by atoms with Crippen molar-refractivity contribution in [3.8, 4) is 0 Å². The van der Waals surface area contributed by atoms with E-state index in [0.717, 1.165) is 0 Å². The van der Waals surface area contributed by atoms with Gasteiger partial charge in [0.25, 0.3) is 0 Å². The molecule has 1 aromatic rings. The number of aromatic nitrogens is 1. The molecule has 2 N–H and O–H groups in total. The summed E-state index contributed by atoms with van der Waals surface area (Å²) >= 11 is 6.04. The van der Waals surface area contributed by atoms with Gasteiger partial charge in [0.15, 0.2) is 0 Å². The van der Waals surface area contributed by atoms with Crippen molar-refractivity contribution in [1.29, 1.82) is 0 Å². The Morgan fingerprint density at radius 2 is 1.94 bits per heavy atom. The minimum atomic E-state index is -1.02. The Bertz CT molecular complexity index is 498. The van der Waals surface area contributed by atoms with Gasteiger partial charge in [-0.3, -0.25) is 0 Å². The molecule has 0 amide bonds. The lowest BCUT2D eigenvalue weighted by molar-refractivity contribution is 0.0696. The van der Waals surface area contributed by atoms with Crippen molar-refractivity contribution in [2.24, 2.45) is 10.8 Å². The summed E-state index contributed by atoms with van der Waals surface area (Å²) in [5.41, 5.74) is 0.437. The third-order valence-electron chi connectivity index (χ3n) is 4.39. The van der Waals surface area contributed by atoms with Gasteiger partial charge in [-0.2, -0.15) is 0 Å². The van der Waals surface area contributed by atoms with E-state index in [9.17, 15) is 4.79 Å². The molecule has 18 heavy (non-hydrogen) atoms. The van der Waals surface area contributed by atoms with Crippen LogP contribution >= 0.6 is 11.6 Å². The van der Waals surface area contributed by atoms with Gasteiger partial charge >= 0.3 is 5.97 Å². The molecule has 1 fully saturated rings. The van der Waals surface area contributed by atoms with Crippen molar-refractivity contribution in [3.63, 3.8) is 0 Å². The van der Waals surface area contributed by atoms with Crippen LogP contribution in [0.2, 0.25) is 5.02 Å². The van der Waals surface area contributed by atoms with E-state index in [1.165, 1.54) is 12.3 Å². The standard InChI is InChI=1S/C13H17ClN2O2/c1-12(2)11(13(12,3)4)16-9-8(14)5-7(6-15-9)10(17)18/h5-6,11H,1-4H3,(H,15,16)(H,17,18). The molecule has 0 radical (unpaired) electrons. The number of rotatable bonds is 3. The molecular weight excluding hydrogens is 252 g/mol. The molecule has 0 spiro atoms. The van der Waals surface area contributed by atoms with E-state index < -0.39 is 5.97 Å². The Labute approximate surface area is 111 Å². The molecule has 0 aliphatic heterocycles. The Hall–Kier alpha value is -1.29. The summed E-state index contributed by atoms with van der Waals surface area (Å²) in [6, 6.07) is 1.70. The zero-order chi connectivity index (χ0) is 13.7. The van der Waals surface area contributed by atoms with Crippen molar-refractivity contribution in [2.75, 3.05) is 5.32 Å². The molecule has 1 aliphatic rings. The maximum atomic E-state index is 10.8. The van der Waals surface area contributed by atoms with Gasteiger partial charge in [0.05, 0.1) is 10.6 Å². The highest BCUT2D eigenvalue weighted by molar-refractivity contribution is 6.33. The zero-order valence-electron chi connectivity index (χ0n) is 10.9. The molecule has 0 saturated heterocycles. The summed E-state index contributed by atoms with van der Waals surface area (Å²) in [4.78, 5) is 14.9. The molecule has 0 aromatic carbocycles.